The van der Waals surface area contributed by atoms with Crippen molar-refractivity contribution in [2.45, 2.75) is 56.9 Å². The molecule has 0 aromatic carbocycles. The number of nitrogens with two attached hydrogens (primary N) is 1. The number of rotatable bonds is 4. The fourth-order valence-corrected chi connectivity index (χ4v) is 2.93. The molecule has 2 rings (SSSR count). The molecule has 3 nitrogen and oxygen atoms in total. The standard InChI is InChI=1S/C13H24N2O/c1-15(10-11-5-2-3-6-11)12(16)9-13(14)7-4-8-13/h11H,2-10,14H2,1H3. The third-order valence-corrected chi connectivity index (χ3v) is 4.29. The molecule has 2 aliphatic carbocycles. The highest BCUT2D eigenvalue weighted by Gasteiger charge is 2.35. The van der Waals surface area contributed by atoms with Gasteiger partial charge in [0.2, 0.25) is 5.91 Å². The molecular formula is C13H24N2O. The zero-order chi connectivity index (χ0) is 11.6. The summed E-state index contributed by atoms with van der Waals surface area (Å²) < 4.78 is 0. The molecule has 92 valence electrons. The maximum atomic E-state index is 12.0. The molecule has 0 radical (unpaired) electrons. The average Bonchev–Trinajstić information content (AvgIpc) is 2.68. The Morgan fingerprint density at radius 1 is 1.31 bits per heavy atom. The highest BCUT2D eigenvalue weighted by atomic mass is 16.2. The fourth-order valence-electron chi connectivity index (χ4n) is 2.93. The minimum Gasteiger partial charge on any atom is -0.345 e. The zero-order valence-corrected chi connectivity index (χ0v) is 10.4. The van der Waals surface area contributed by atoms with Crippen molar-refractivity contribution < 1.29 is 4.79 Å². The predicted octanol–water partition coefficient (Wildman–Crippen LogP) is 1.91. The van der Waals surface area contributed by atoms with Crippen LogP contribution in [0.15, 0.2) is 0 Å². The molecule has 2 fully saturated rings. The summed E-state index contributed by atoms with van der Waals surface area (Å²) in [6, 6.07) is 0. The van der Waals surface area contributed by atoms with E-state index in [-0.39, 0.29) is 11.4 Å². The van der Waals surface area contributed by atoms with Crippen LogP contribution in [-0.4, -0.2) is 29.9 Å². The first kappa shape index (κ1) is 11.9. The van der Waals surface area contributed by atoms with Gasteiger partial charge in [-0.05, 0) is 38.0 Å². The van der Waals surface area contributed by atoms with Crippen molar-refractivity contribution in [3.05, 3.63) is 0 Å². The molecule has 0 atom stereocenters. The Hall–Kier alpha value is -0.570. The van der Waals surface area contributed by atoms with Crippen LogP contribution < -0.4 is 5.73 Å². The van der Waals surface area contributed by atoms with Gasteiger partial charge in [0, 0.05) is 25.6 Å². The Morgan fingerprint density at radius 3 is 2.44 bits per heavy atom. The first-order chi connectivity index (χ1) is 7.59. The van der Waals surface area contributed by atoms with E-state index in [9.17, 15) is 4.79 Å². The number of carbonyl (C=O) groups is 1. The quantitative estimate of drug-likeness (QED) is 0.793. The minimum absolute atomic E-state index is 0.166. The molecule has 0 unspecified atom stereocenters. The van der Waals surface area contributed by atoms with Crippen LogP contribution in [0.3, 0.4) is 0 Å². The van der Waals surface area contributed by atoms with Crippen LogP contribution in [-0.2, 0) is 4.79 Å². The van der Waals surface area contributed by atoms with Gasteiger partial charge in [-0.3, -0.25) is 4.79 Å². The Morgan fingerprint density at radius 2 is 1.94 bits per heavy atom. The van der Waals surface area contributed by atoms with E-state index in [1.54, 1.807) is 0 Å². The molecule has 2 aliphatic rings. The second-order valence-electron chi connectivity index (χ2n) is 5.82. The molecule has 3 heteroatoms. The lowest BCUT2D eigenvalue weighted by atomic mass is 9.75. The van der Waals surface area contributed by atoms with Crippen LogP contribution in [0.4, 0.5) is 0 Å². The van der Waals surface area contributed by atoms with Gasteiger partial charge in [-0.25, -0.2) is 0 Å². The van der Waals surface area contributed by atoms with Crippen molar-refractivity contribution in [2.75, 3.05) is 13.6 Å². The average molecular weight is 224 g/mol. The molecule has 0 saturated heterocycles. The van der Waals surface area contributed by atoms with Crippen molar-refractivity contribution in [3.63, 3.8) is 0 Å². The predicted molar refractivity (Wildman–Crippen MR) is 65.0 cm³/mol. The smallest absolute Gasteiger partial charge is 0.224 e. The number of amides is 1. The molecular weight excluding hydrogens is 200 g/mol. The van der Waals surface area contributed by atoms with E-state index in [0.717, 1.165) is 25.3 Å². The normalized spacial score (nSPS) is 24.1. The summed E-state index contributed by atoms with van der Waals surface area (Å²) in [4.78, 5) is 13.9. The van der Waals surface area contributed by atoms with Gasteiger partial charge in [-0.15, -0.1) is 0 Å². The van der Waals surface area contributed by atoms with Crippen molar-refractivity contribution >= 4 is 5.91 Å². The SMILES string of the molecule is CN(CC1CCCC1)C(=O)CC1(N)CCC1. The third kappa shape index (κ3) is 2.76. The molecule has 16 heavy (non-hydrogen) atoms. The van der Waals surface area contributed by atoms with Crippen molar-refractivity contribution in [3.8, 4) is 0 Å². The van der Waals surface area contributed by atoms with Crippen LogP contribution in [0.5, 0.6) is 0 Å². The number of nitrogens with zero attached hydrogens (tertiary/aromatic N) is 1. The van der Waals surface area contributed by atoms with Crippen LogP contribution in [0.25, 0.3) is 0 Å². The summed E-state index contributed by atoms with van der Waals surface area (Å²) in [5.74, 6) is 0.984. The Kier molecular flexibility index (Phi) is 3.53. The molecule has 0 spiro atoms. The Labute approximate surface area is 98.4 Å². The second-order valence-corrected chi connectivity index (χ2v) is 5.82. The van der Waals surface area contributed by atoms with Gasteiger partial charge in [0.15, 0.2) is 0 Å². The lowest BCUT2D eigenvalue weighted by Gasteiger charge is -2.38. The lowest BCUT2D eigenvalue weighted by Crippen LogP contribution is -2.50. The van der Waals surface area contributed by atoms with Gasteiger partial charge in [0.25, 0.3) is 0 Å². The van der Waals surface area contributed by atoms with Crippen LogP contribution in [0.1, 0.15) is 51.4 Å². The molecule has 2 N–H and O–H groups in total. The van der Waals surface area contributed by atoms with Gasteiger partial charge < -0.3 is 10.6 Å². The van der Waals surface area contributed by atoms with Crippen molar-refractivity contribution in [1.29, 1.82) is 0 Å². The third-order valence-electron chi connectivity index (χ3n) is 4.29. The van der Waals surface area contributed by atoms with E-state index < -0.39 is 0 Å². The number of carbonyl (C=O) groups excluding carboxylic acids is 1. The summed E-state index contributed by atoms with van der Waals surface area (Å²) in [5.41, 5.74) is 5.94. The first-order valence-corrected chi connectivity index (χ1v) is 6.62. The van der Waals surface area contributed by atoms with Crippen LogP contribution in [0, 0.1) is 5.92 Å². The van der Waals surface area contributed by atoms with Crippen molar-refractivity contribution in [2.24, 2.45) is 11.7 Å². The summed E-state index contributed by atoms with van der Waals surface area (Å²) in [6.45, 7) is 0.939. The molecule has 0 aromatic rings. The van der Waals surface area contributed by atoms with Crippen molar-refractivity contribution in [1.82, 2.24) is 4.90 Å². The van der Waals surface area contributed by atoms with Gasteiger partial charge >= 0.3 is 0 Å². The van der Waals surface area contributed by atoms with E-state index in [1.165, 1.54) is 32.1 Å². The van der Waals surface area contributed by atoms with Gasteiger partial charge in [-0.2, -0.15) is 0 Å². The molecule has 0 heterocycles. The Balaban J connectivity index is 1.75. The second kappa shape index (κ2) is 4.74. The summed E-state index contributed by atoms with van der Waals surface area (Å²) >= 11 is 0. The largest absolute Gasteiger partial charge is 0.345 e. The van der Waals surface area contributed by atoms with Gasteiger partial charge in [0.05, 0.1) is 0 Å². The maximum absolute atomic E-state index is 12.0. The first-order valence-electron chi connectivity index (χ1n) is 6.62. The zero-order valence-electron chi connectivity index (χ0n) is 10.4. The monoisotopic (exact) mass is 224 g/mol. The Bertz CT molecular complexity index is 255. The molecule has 2 saturated carbocycles. The lowest BCUT2D eigenvalue weighted by molar-refractivity contribution is -0.132. The summed E-state index contributed by atoms with van der Waals surface area (Å²) in [7, 11) is 1.93. The maximum Gasteiger partial charge on any atom is 0.224 e. The molecule has 0 bridgehead atoms. The van der Waals surface area contributed by atoms with E-state index in [4.69, 9.17) is 5.73 Å². The van der Waals surface area contributed by atoms with E-state index >= 15 is 0 Å². The fraction of sp³-hybridized carbons (Fsp3) is 0.923. The van der Waals surface area contributed by atoms with E-state index in [1.807, 2.05) is 11.9 Å². The van der Waals surface area contributed by atoms with Gasteiger partial charge in [0.1, 0.15) is 0 Å². The number of hydrogen-bond acceptors (Lipinski definition) is 2. The summed E-state index contributed by atoms with van der Waals surface area (Å²) in [5, 5.41) is 0. The van der Waals surface area contributed by atoms with E-state index in [2.05, 4.69) is 0 Å². The number of hydrogen-bond donors (Lipinski definition) is 1. The minimum atomic E-state index is -0.166. The van der Waals surface area contributed by atoms with Gasteiger partial charge in [-0.1, -0.05) is 12.8 Å². The molecule has 0 aliphatic heterocycles. The molecule has 0 aromatic heterocycles. The van der Waals surface area contributed by atoms with Crippen LogP contribution >= 0.6 is 0 Å². The summed E-state index contributed by atoms with van der Waals surface area (Å²) in [6.07, 6.45) is 9.07. The highest BCUT2D eigenvalue weighted by molar-refractivity contribution is 5.77. The van der Waals surface area contributed by atoms with Crippen LogP contribution in [0.2, 0.25) is 0 Å². The van der Waals surface area contributed by atoms with E-state index in [0.29, 0.717) is 6.42 Å². The topological polar surface area (TPSA) is 46.3 Å². The molecule has 1 amide bonds. The highest BCUT2D eigenvalue weighted by Crippen LogP contribution is 2.33.